The number of hydrogen-bond donors (Lipinski definition) is 1. The van der Waals surface area contributed by atoms with E-state index in [0.29, 0.717) is 18.5 Å². The van der Waals surface area contributed by atoms with Crippen LogP contribution in [0.15, 0.2) is 4.99 Å². The fourth-order valence-electron chi connectivity index (χ4n) is 2.53. The van der Waals surface area contributed by atoms with Gasteiger partial charge >= 0.3 is 0 Å². The van der Waals surface area contributed by atoms with Gasteiger partial charge in [0.05, 0.1) is 0 Å². The van der Waals surface area contributed by atoms with Crippen molar-refractivity contribution in [3.05, 3.63) is 0 Å². The third-order valence-electron chi connectivity index (χ3n) is 3.85. The number of thioether (sulfide) groups is 1. The van der Waals surface area contributed by atoms with Crippen LogP contribution in [0.3, 0.4) is 0 Å². The molecule has 0 aromatic rings. The predicted molar refractivity (Wildman–Crippen MR) is 81.6 cm³/mol. The number of piperidine rings is 1. The summed E-state index contributed by atoms with van der Waals surface area (Å²) in [5.74, 6) is 1.90. The second-order valence-electron chi connectivity index (χ2n) is 5.69. The van der Waals surface area contributed by atoms with E-state index in [0.717, 1.165) is 36.9 Å². The molecule has 1 unspecified atom stereocenters. The first-order chi connectivity index (χ1) is 9.16. The van der Waals surface area contributed by atoms with Crippen molar-refractivity contribution < 1.29 is 4.79 Å². The van der Waals surface area contributed by atoms with Gasteiger partial charge in [0, 0.05) is 24.9 Å². The molecule has 2 aliphatic rings. The highest BCUT2D eigenvalue weighted by Gasteiger charge is 2.21. The van der Waals surface area contributed by atoms with Crippen molar-refractivity contribution >= 4 is 22.8 Å². The SMILES string of the molecule is CC(C)C1CCSC(=NCC(=O)N2CCCCC2)N1. The first-order valence-corrected chi connectivity index (χ1v) is 8.37. The van der Waals surface area contributed by atoms with Gasteiger partial charge in [0.15, 0.2) is 5.17 Å². The number of amides is 1. The predicted octanol–water partition coefficient (Wildman–Crippen LogP) is 2.11. The molecule has 0 saturated carbocycles. The minimum absolute atomic E-state index is 0.182. The maximum Gasteiger partial charge on any atom is 0.244 e. The summed E-state index contributed by atoms with van der Waals surface area (Å²) < 4.78 is 0. The van der Waals surface area contributed by atoms with Gasteiger partial charge in [0.1, 0.15) is 6.54 Å². The zero-order chi connectivity index (χ0) is 13.7. The number of aliphatic imine (C=N–C) groups is 1. The summed E-state index contributed by atoms with van der Waals surface area (Å²) in [7, 11) is 0. The molecule has 0 spiro atoms. The Morgan fingerprint density at radius 3 is 2.84 bits per heavy atom. The molecule has 2 rings (SSSR count). The van der Waals surface area contributed by atoms with Crippen molar-refractivity contribution in [3.8, 4) is 0 Å². The van der Waals surface area contributed by atoms with Crippen LogP contribution < -0.4 is 5.32 Å². The highest BCUT2D eigenvalue weighted by Crippen LogP contribution is 2.18. The van der Waals surface area contributed by atoms with E-state index in [1.54, 1.807) is 11.8 Å². The summed E-state index contributed by atoms with van der Waals surface area (Å²) in [6, 6.07) is 0.505. The van der Waals surface area contributed by atoms with Crippen molar-refractivity contribution in [2.45, 2.75) is 45.6 Å². The largest absolute Gasteiger partial charge is 0.362 e. The molecule has 0 aromatic heterocycles. The fourth-order valence-corrected chi connectivity index (χ4v) is 3.48. The lowest BCUT2D eigenvalue weighted by molar-refractivity contribution is -0.130. The third kappa shape index (κ3) is 4.41. The smallest absolute Gasteiger partial charge is 0.244 e. The first kappa shape index (κ1) is 14.7. The van der Waals surface area contributed by atoms with E-state index >= 15 is 0 Å². The van der Waals surface area contributed by atoms with E-state index in [4.69, 9.17) is 0 Å². The minimum Gasteiger partial charge on any atom is -0.362 e. The van der Waals surface area contributed by atoms with Gasteiger partial charge in [-0.25, -0.2) is 0 Å². The van der Waals surface area contributed by atoms with Crippen molar-refractivity contribution in [1.82, 2.24) is 10.2 Å². The van der Waals surface area contributed by atoms with E-state index in [1.165, 1.54) is 12.8 Å². The topological polar surface area (TPSA) is 44.7 Å². The minimum atomic E-state index is 0.182. The molecule has 4 nitrogen and oxygen atoms in total. The monoisotopic (exact) mass is 283 g/mol. The number of likely N-dealkylation sites (tertiary alicyclic amines) is 1. The van der Waals surface area contributed by atoms with E-state index < -0.39 is 0 Å². The van der Waals surface area contributed by atoms with Crippen LogP contribution in [-0.4, -0.2) is 47.4 Å². The average molecular weight is 283 g/mol. The fraction of sp³-hybridized carbons (Fsp3) is 0.857. The molecule has 1 atom stereocenters. The molecule has 0 bridgehead atoms. The molecular weight excluding hydrogens is 258 g/mol. The van der Waals surface area contributed by atoms with Crippen LogP contribution in [0.1, 0.15) is 39.5 Å². The van der Waals surface area contributed by atoms with Crippen LogP contribution in [0.2, 0.25) is 0 Å². The Hall–Kier alpha value is -0.710. The standard InChI is InChI=1S/C14H25N3OS/c1-11(2)12-6-9-19-14(16-12)15-10-13(18)17-7-4-3-5-8-17/h11-12H,3-10H2,1-2H3,(H,15,16). The highest BCUT2D eigenvalue weighted by atomic mass is 32.2. The summed E-state index contributed by atoms with van der Waals surface area (Å²) in [4.78, 5) is 18.5. The zero-order valence-electron chi connectivity index (χ0n) is 12.0. The van der Waals surface area contributed by atoms with Gasteiger partial charge in [0.2, 0.25) is 5.91 Å². The summed E-state index contributed by atoms with van der Waals surface area (Å²) >= 11 is 1.74. The highest BCUT2D eigenvalue weighted by molar-refractivity contribution is 8.13. The van der Waals surface area contributed by atoms with E-state index in [1.807, 2.05) is 4.90 Å². The maximum absolute atomic E-state index is 12.0. The van der Waals surface area contributed by atoms with Crippen LogP contribution in [0.4, 0.5) is 0 Å². The van der Waals surface area contributed by atoms with Crippen LogP contribution in [0.5, 0.6) is 0 Å². The van der Waals surface area contributed by atoms with Gasteiger partial charge in [-0.15, -0.1) is 0 Å². The molecule has 1 N–H and O–H groups in total. The molecule has 108 valence electrons. The normalized spacial score (nSPS) is 26.6. The first-order valence-electron chi connectivity index (χ1n) is 7.38. The van der Waals surface area contributed by atoms with Crippen molar-refractivity contribution in [2.24, 2.45) is 10.9 Å². The molecule has 2 aliphatic heterocycles. The second kappa shape index (κ2) is 7.17. The Balaban J connectivity index is 1.82. The van der Waals surface area contributed by atoms with Gasteiger partial charge in [-0.2, -0.15) is 0 Å². The summed E-state index contributed by atoms with van der Waals surface area (Å²) in [6.45, 7) is 6.59. The number of hydrogen-bond acceptors (Lipinski definition) is 3. The number of carbonyl (C=O) groups is 1. The van der Waals surface area contributed by atoms with Gasteiger partial charge in [-0.3, -0.25) is 9.79 Å². The van der Waals surface area contributed by atoms with Crippen LogP contribution in [0, 0.1) is 5.92 Å². The van der Waals surface area contributed by atoms with E-state index in [2.05, 4.69) is 24.2 Å². The lowest BCUT2D eigenvalue weighted by Crippen LogP contribution is -2.42. The average Bonchev–Trinajstić information content (AvgIpc) is 2.46. The van der Waals surface area contributed by atoms with Crippen molar-refractivity contribution in [3.63, 3.8) is 0 Å². The molecule has 0 radical (unpaired) electrons. The molecule has 0 aliphatic carbocycles. The number of nitrogens with zero attached hydrogens (tertiary/aromatic N) is 2. The van der Waals surface area contributed by atoms with Gasteiger partial charge < -0.3 is 10.2 Å². The van der Waals surface area contributed by atoms with E-state index in [9.17, 15) is 4.79 Å². The molecule has 2 saturated heterocycles. The quantitative estimate of drug-likeness (QED) is 0.863. The Kier molecular flexibility index (Phi) is 5.55. The lowest BCUT2D eigenvalue weighted by atomic mass is 10.0. The summed E-state index contributed by atoms with van der Waals surface area (Å²) in [5.41, 5.74) is 0. The van der Waals surface area contributed by atoms with Crippen LogP contribution in [-0.2, 0) is 4.79 Å². The molecule has 1 amide bonds. The molecule has 5 heteroatoms. The zero-order valence-corrected chi connectivity index (χ0v) is 12.8. The number of carbonyl (C=O) groups excluding carboxylic acids is 1. The molecule has 2 fully saturated rings. The maximum atomic E-state index is 12.0. The Bertz CT molecular complexity index is 338. The van der Waals surface area contributed by atoms with E-state index in [-0.39, 0.29) is 5.91 Å². The number of amidine groups is 1. The third-order valence-corrected chi connectivity index (χ3v) is 4.81. The van der Waals surface area contributed by atoms with Gasteiger partial charge in [-0.05, 0) is 31.6 Å². The van der Waals surface area contributed by atoms with Crippen LogP contribution in [0.25, 0.3) is 0 Å². The molecular formula is C14H25N3OS. The second-order valence-corrected chi connectivity index (χ2v) is 6.78. The molecule has 0 aromatic carbocycles. The molecule has 2 heterocycles. The van der Waals surface area contributed by atoms with Gasteiger partial charge in [-0.1, -0.05) is 25.6 Å². The van der Waals surface area contributed by atoms with Crippen LogP contribution >= 0.6 is 11.8 Å². The Morgan fingerprint density at radius 1 is 1.42 bits per heavy atom. The Labute approximate surface area is 120 Å². The molecule has 19 heavy (non-hydrogen) atoms. The summed E-state index contributed by atoms with van der Waals surface area (Å²) in [6.07, 6.45) is 4.72. The van der Waals surface area contributed by atoms with Crippen molar-refractivity contribution in [2.75, 3.05) is 25.4 Å². The number of nitrogens with one attached hydrogen (secondary N) is 1. The van der Waals surface area contributed by atoms with Gasteiger partial charge in [0.25, 0.3) is 0 Å². The van der Waals surface area contributed by atoms with Crippen molar-refractivity contribution in [1.29, 1.82) is 0 Å². The number of rotatable bonds is 3. The lowest BCUT2D eigenvalue weighted by Gasteiger charge is -2.29. The summed E-state index contributed by atoms with van der Waals surface area (Å²) in [5, 5.41) is 4.41. The Morgan fingerprint density at radius 2 is 2.16 bits per heavy atom.